The summed E-state index contributed by atoms with van der Waals surface area (Å²) in [5.74, 6) is 0. The molecule has 0 aromatic rings. The number of aliphatic hydroxyl groups excluding tert-OH is 2. The van der Waals surface area contributed by atoms with Crippen LogP contribution in [0.1, 0.15) is 57.8 Å². The third-order valence-electron chi connectivity index (χ3n) is 3.73. The zero-order valence-electron chi connectivity index (χ0n) is 13.9. The second-order valence-corrected chi connectivity index (χ2v) is 6.08. The highest BCUT2D eigenvalue weighted by Gasteiger charge is 2.26. The number of hydrogen-bond acceptors (Lipinski definition) is 5. The van der Waals surface area contributed by atoms with Crippen LogP contribution in [0.5, 0.6) is 0 Å². The maximum atomic E-state index is 8.54. The Kier molecular flexibility index (Phi) is 13.0. The van der Waals surface area contributed by atoms with Crippen molar-refractivity contribution in [1.82, 2.24) is 0 Å². The Labute approximate surface area is 135 Å². The van der Waals surface area contributed by atoms with Crippen molar-refractivity contribution in [3.05, 3.63) is 0 Å². The average Bonchev–Trinajstić information content (AvgIpc) is 3.41. The van der Waals surface area contributed by atoms with Gasteiger partial charge in [0.15, 0.2) is 0 Å². The number of epoxide rings is 2. The van der Waals surface area contributed by atoms with Gasteiger partial charge in [0, 0.05) is 13.2 Å². The molecule has 2 rings (SSSR count). The van der Waals surface area contributed by atoms with E-state index in [-0.39, 0.29) is 0 Å². The molecule has 2 fully saturated rings. The molecule has 0 aromatic heterocycles. The molecule has 2 unspecified atom stereocenters. The van der Waals surface area contributed by atoms with Crippen LogP contribution in [0.2, 0.25) is 0 Å². The molecule has 2 atom stereocenters. The Bertz CT molecular complexity index is 207. The van der Waals surface area contributed by atoms with Crippen LogP contribution < -0.4 is 0 Å². The number of aliphatic hydroxyl groups is 2. The summed E-state index contributed by atoms with van der Waals surface area (Å²) in [4.78, 5) is 0. The van der Waals surface area contributed by atoms with Crippen molar-refractivity contribution in [3.8, 4) is 0 Å². The van der Waals surface area contributed by atoms with Crippen LogP contribution in [0.4, 0.5) is 0 Å². The van der Waals surface area contributed by atoms with Gasteiger partial charge in [-0.1, -0.05) is 44.9 Å². The van der Waals surface area contributed by atoms with E-state index in [1.807, 2.05) is 0 Å². The fourth-order valence-electron chi connectivity index (χ4n) is 2.12. The van der Waals surface area contributed by atoms with Crippen molar-refractivity contribution < 1.29 is 24.4 Å². The normalized spacial score (nSPS) is 22.1. The summed E-state index contributed by atoms with van der Waals surface area (Å²) >= 11 is 0. The minimum atomic E-state index is 0.344. The maximum Gasteiger partial charge on any atom is 0.104 e. The lowest BCUT2D eigenvalue weighted by Crippen LogP contribution is -2.06. The lowest BCUT2D eigenvalue weighted by molar-refractivity contribution is 0.102. The first-order chi connectivity index (χ1) is 10.9. The van der Waals surface area contributed by atoms with Crippen molar-refractivity contribution in [2.24, 2.45) is 0 Å². The topological polar surface area (TPSA) is 74.8 Å². The van der Waals surface area contributed by atoms with E-state index in [0.717, 1.165) is 39.3 Å². The highest BCUT2D eigenvalue weighted by atomic mass is 16.6. The number of unbranched alkanes of at least 4 members (excludes halogenated alkanes) is 8. The average molecular weight is 318 g/mol. The molecule has 2 heterocycles. The van der Waals surface area contributed by atoms with Gasteiger partial charge in [0.05, 0.1) is 26.4 Å². The van der Waals surface area contributed by atoms with Gasteiger partial charge in [-0.3, -0.25) is 0 Å². The minimum absolute atomic E-state index is 0.344. The summed E-state index contributed by atoms with van der Waals surface area (Å²) in [7, 11) is 0. The van der Waals surface area contributed by atoms with Gasteiger partial charge in [-0.15, -0.1) is 0 Å². The molecule has 5 nitrogen and oxygen atoms in total. The molecule has 0 aromatic carbocycles. The van der Waals surface area contributed by atoms with Crippen molar-refractivity contribution in [2.75, 3.05) is 39.6 Å². The molecule has 2 N–H and O–H groups in total. The van der Waals surface area contributed by atoms with Crippen LogP contribution in [0, 0.1) is 0 Å². The van der Waals surface area contributed by atoms with Crippen LogP contribution in [0.3, 0.4) is 0 Å². The molecule has 2 saturated heterocycles. The Morgan fingerprint density at radius 3 is 1.23 bits per heavy atom. The molecule has 0 amide bonds. The molecule has 0 spiro atoms. The second kappa shape index (κ2) is 14.4. The van der Waals surface area contributed by atoms with Crippen molar-refractivity contribution in [3.63, 3.8) is 0 Å². The third-order valence-corrected chi connectivity index (χ3v) is 3.73. The summed E-state index contributed by atoms with van der Waals surface area (Å²) in [5.41, 5.74) is 0. The summed E-state index contributed by atoms with van der Waals surface area (Å²) in [6, 6.07) is 0. The van der Waals surface area contributed by atoms with Gasteiger partial charge in [-0.2, -0.15) is 0 Å². The lowest BCUT2D eigenvalue weighted by Gasteiger charge is -2.00. The summed E-state index contributed by atoms with van der Waals surface area (Å²) in [6.45, 7) is 3.95. The van der Waals surface area contributed by atoms with Crippen LogP contribution in [0.15, 0.2) is 0 Å². The molecule has 0 saturated carbocycles. The Morgan fingerprint density at radius 1 is 0.636 bits per heavy atom. The van der Waals surface area contributed by atoms with Gasteiger partial charge in [0.1, 0.15) is 12.2 Å². The van der Waals surface area contributed by atoms with E-state index in [9.17, 15) is 0 Å². The SMILES string of the molecule is C(OCC1CO1)C1CO1.OCCCCCCCCCCCO. The van der Waals surface area contributed by atoms with Gasteiger partial charge in [-0.05, 0) is 12.8 Å². The van der Waals surface area contributed by atoms with Crippen LogP contribution >= 0.6 is 0 Å². The monoisotopic (exact) mass is 318 g/mol. The first kappa shape index (κ1) is 19.8. The highest BCUT2D eigenvalue weighted by molar-refractivity contribution is 4.71. The molecule has 2 aliphatic rings. The largest absolute Gasteiger partial charge is 0.396 e. The standard InChI is InChI=1S/C11H24O2.C6H10O3/c12-10-8-6-4-2-1-3-5-7-9-11-13;1(5-3-8-5)7-2-6-4-9-6/h12-13H,1-11H2;5-6H,1-4H2. The number of ether oxygens (including phenoxy) is 3. The summed E-state index contributed by atoms with van der Waals surface area (Å²) < 4.78 is 15.1. The van der Waals surface area contributed by atoms with Crippen molar-refractivity contribution >= 4 is 0 Å². The van der Waals surface area contributed by atoms with Crippen molar-refractivity contribution in [1.29, 1.82) is 0 Å². The third kappa shape index (κ3) is 14.7. The molecule has 0 bridgehead atoms. The zero-order valence-corrected chi connectivity index (χ0v) is 13.9. The van der Waals surface area contributed by atoms with E-state index in [1.165, 1.54) is 44.9 Å². The van der Waals surface area contributed by atoms with Gasteiger partial charge in [-0.25, -0.2) is 0 Å². The summed E-state index contributed by atoms with van der Waals surface area (Å²) in [5, 5.41) is 17.1. The number of hydrogen-bond donors (Lipinski definition) is 2. The zero-order chi connectivity index (χ0) is 15.9. The smallest absolute Gasteiger partial charge is 0.104 e. The molecule has 2 aliphatic heterocycles. The van der Waals surface area contributed by atoms with Gasteiger partial charge in [0.25, 0.3) is 0 Å². The Morgan fingerprint density at radius 2 is 0.955 bits per heavy atom. The van der Waals surface area contributed by atoms with E-state index in [1.54, 1.807) is 0 Å². The first-order valence-electron chi connectivity index (χ1n) is 8.89. The maximum absolute atomic E-state index is 8.54. The highest BCUT2D eigenvalue weighted by Crippen LogP contribution is 2.12. The first-order valence-corrected chi connectivity index (χ1v) is 8.89. The Hall–Kier alpha value is -0.200. The van der Waals surface area contributed by atoms with Crippen LogP contribution in [-0.4, -0.2) is 62.1 Å². The molecule has 5 heteroatoms. The quantitative estimate of drug-likeness (QED) is 0.380. The fourth-order valence-corrected chi connectivity index (χ4v) is 2.12. The Balaban J connectivity index is 0.000000231. The van der Waals surface area contributed by atoms with Gasteiger partial charge >= 0.3 is 0 Å². The van der Waals surface area contributed by atoms with E-state index in [2.05, 4.69) is 0 Å². The van der Waals surface area contributed by atoms with E-state index >= 15 is 0 Å². The van der Waals surface area contributed by atoms with E-state index in [0.29, 0.717) is 25.4 Å². The van der Waals surface area contributed by atoms with Crippen molar-refractivity contribution in [2.45, 2.75) is 70.0 Å². The fraction of sp³-hybridized carbons (Fsp3) is 1.00. The molecular formula is C17H34O5. The van der Waals surface area contributed by atoms with E-state index in [4.69, 9.17) is 24.4 Å². The molecule has 0 radical (unpaired) electrons. The predicted octanol–water partition coefficient (Wildman–Crippen LogP) is 2.28. The second-order valence-electron chi connectivity index (χ2n) is 6.08. The molecule has 132 valence electrons. The van der Waals surface area contributed by atoms with Gasteiger partial charge in [0.2, 0.25) is 0 Å². The molecule has 0 aliphatic carbocycles. The predicted molar refractivity (Wildman–Crippen MR) is 86.0 cm³/mol. The van der Waals surface area contributed by atoms with Crippen LogP contribution in [-0.2, 0) is 14.2 Å². The van der Waals surface area contributed by atoms with Crippen LogP contribution in [0.25, 0.3) is 0 Å². The molecule has 22 heavy (non-hydrogen) atoms. The lowest BCUT2D eigenvalue weighted by atomic mass is 10.1. The van der Waals surface area contributed by atoms with E-state index < -0.39 is 0 Å². The minimum Gasteiger partial charge on any atom is -0.396 e. The number of rotatable bonds is 14. The summed E-state index contributed by atoms with van der Waals surface area (Å²) in [6.07, 6.45) is 11.5. The van der Waals surface area contributed by atoms with Gasteiger partial charge < -0.3 is 24.4 Å². The molecular weight excluding hydrogens is 284 g/mol.